The molecule has 0 aromatic heterocycles. The number of hydrogen-bond acceptors (Lipinski definition) is 6. The Kier molecular flexibility index (Phi) is 8.01. The molecule has 0 amide bonds. The van der Waals surface area contributed by atoms with E-state index in [-0.39, 0.29) is 12.3 Å². The fourth-order valence-corrected chi connectivity index (χ4v) is 3.87. The van der Waals surface area contributed by atoms with Crippen LogP contribution in [0.5, 0.6) is 11.5 Å². The monoisotopic (exact) mass is 551 g/mol. The molecule has 0 saturated carbocycles. The lowest BCUT2D eigenvalue weighted by molar-refractivity contribution is -0.384. The highest BCUT2D eigenvalue weighted by atomic mass is 127. The molecule has 0 heterocycles. The largest absolute Gasteiger partial charge is 0.490 e. The molecular formula is C25H18IN3O4. The lowest BCUT2D eigenvalue weighted by Gasteiger charge is -2.15. The second-order valence-corrected chi connectivity index (χ2v) is 7.96. The van der Waals surface area contributed by atoms with Gasteiger partial charge in [0, 0.05) is 17.7 Å². The van der Waals surface area contributed by atoms with Crippen molar-refractivity contribution in [3.05, 3.63) is 96.6 Å². The average molecular weight is 551 g/mol. The molecule has 0 bridgehead atoms. The molecule has 0 atom stereocenters. The Hall–Kier alpha value is -3.89. The lowest BCUT2D eigenvalue weighted by atomic mass is 10.0. The zero-order valence-corrected chi connectivity index (χ0v) is 19.8. The smallest absolute Gasteiger partial charge is 0.269 e. The molecule has 0 spiro atoms. The van der Waals surface area contributed by atoms with E-state index in [1.54, 1.807) is 36.4 Å². The van der Waals surface area contributed by atoms with Crippen LogP contribution in [0.1, 0.15) is 29.2 Å². The van der Waals surface area contributed by atoms with Gasteiger partial charge in [-0.2, -0.15) is 10.5 Å². The highest BCUT2D eigenvalue weighted by Gasteiger charge is 2.14. The van der Waals surface area contributed by atoms with Crippen molar-refractivity contribution in [1.29, 1.82) is 10.5 Å². The van der Waals surface area contributed by atoms with Gasteiger partial charge in [0.05, 0.1) is 38.4 Å². The Labute approximate surface area is 204 Å². The molecule has 0 aliphatic heterocycles. The van der Waals surface area contributed by atoms with E-state index in [9.17, 15) is 20.6 Å². The van der Waals surface area contributed by atoms with Gasteiger partial charge in [-0.1, -0.05) is 18.2 Å². The predicted molar refractivity (Wildman–Crippen MR) is 132 cm³/mol. The Morgan fingerprint density at radius 1 is 1.12 bits per heavy atom. The van der Waals surface area contributed by atoms with Gasteiger partial charge in [-0.05, 0) is 77.0 Å². The van der Waals surface area contributed by atoms with Crippen molar-refractivity contribution in [2.75, 3.05) is 6.61 Å². The predicted octanol–water partition coefficient (Wildman–Crippen LogP) is 6.11. The molecule has 0 saturated heterocycles. The number of hydrogen-bond donors (Lipinski definition) is 0. The van der Waals surface area contributed by atoms with Crippen LogP contribution in [0.15, 0.2) is 60.7 Å². The van der Waals surface area contributed by atoms with Crippen LogP contribution in [0.4, 0.5) is 5.69 Å². The van der Waals surface area contributed by atoms with E-state index in [4.69, 9.17) is 9.47 Å². The van der Waals surface area contributed by atoms with Crippen LogP contribution in [-0.4, -0.2) is 11.5 Å². The zero-order valence-electron chi connectivity index (χ0n) is 17.6. The van der Waals surface area contributed by atoms with Crippen molar-refractivity contribution < 1.29 is 14.4 Å². The molecule has 0 N–H and O–H groups in total. The third kappa shape index (κ3) is 5.88. The summed E-state index contributed by atoms with van der Waals surface area (Å²) >= 11 is 2.14. The van der Waals surface area contributed by atoms with E-state index in [0.717, 1.165) is 14.7 Å². The number of nitro benzene ring substituents is 1. The molecule has 0 fully saturated rings. The number of ether oxygens (including phenoxy) is 2. The minimum atomic E-state index is -0.482. The molecular weight excluding hydrogens is 533 g/mol. The van der Waals surface area contributed by atoms with Crippen LogP contribution in [0.2, 0.25) is 0 Å². The van der Waals surface area contributed by atoms with Gasteiger partial charge in [0.25, 0.3) is 5.69 Å². The first-order chi connectivity index (χ1) is 16.0. The van der Waals surface area contributed by atoms with Gasteiger partial charge in [-0.25, -0.2) is 0 Å². The summed E-state index contributed by atoms with van der Waals surface area (Å²) in [6, 6.07) is 21.0. The van der Waals surface area contributed by atoms with Gasteiger partial charge < -0.3 is 9.47 Å². The molecule has 33 heavy (non-hydrogen) atoms. The van der Waals surface area contributed by atoms with Gasteiger partial charge in [-0.3, -0.25) is 10.1 Å². The molecule has 0 unspecified atom stereocenters. The van der Waals surface area contributed by atoms with Gasteiger partial charge in [0.1, 0.15) is 6.61 Å². The molecule has 8 heteroatoms. The summed E-state index contributed by atoms with van der Waals surface area (Å²) in [4.78, 5) is 10.4. The first-order valence-corrected chi connectivity index (χ1v) is 11.0. The lowest BCUT2D eigenvalue weighted by Crippen LogP contribution is -2.03. The van der Waals surface area contributed by atoms with E-state index < -0.39 is 4.92 Å². The van der Waals surface area contributed by atoms with E-state index >= 15 is 0 Å². The Morgan fingerprint density at radius 3 is 2.48 bits per heavy atom. The average Bonchev–Trinajstić information content (AvgIpc) is 2.82. The third-order valence-corrected chi connectivity index (χ3v) is 5.46. The van der Waals surface area contributed by atoms with Crippen molar-refractivity contribution in [3.63, 3.8) is 0 Å². The fourth-order valence-electron chi connectivity index (χ4n) is 3.09. The van der Waals surface area contributed by atoms with Gasteiger partial charge >= 0.3 is 0 Å². The van der Waals surface area contributed by atoms with Gasteiger partial charge in [0.2, 0.25) is 0 Å². The molecule has 0 radical (unpaired) electrons. The molecule has 3 aromatic carbocycles. The van der Waals surface area contributed by atoms with Crippen molar-refractivity contribution >= 4 is 39.9 Å². The molecule has 3 rings (SSSR count). The maximum absolute atomic E-state index is 10.9. The number of rotatable bonds is 8. The summed E-state index contributed by atoms with van der Waals surface area (Å²) in [5.41, 5.74) is 2.94. The molecule has 164 valence electrons. The summed E-state index contributed by atoms with van der Waals surface area (Å²) in [6.07, 6.45) is 1.70. The van der Waals surface area contributed by atoms with Crippen LogP contribution in [0.3, 0.4) is 0 Å². The van der Waals surface area contributed by atoms with E-state index in [1.165, 1.54) is 12.1 Å². The minimum absolute atomic E-state index is 0.0382. The summed E-state index contributed by atoms with van der Waals surface area (Å²) in [6.45, 7) is 2.49. The first-order valence-electron chi connectivity index (χ1n) is 9.90. The van der Waals surface area contributed by atoms with Crippen molar-refractivity contribution in [1.82, 2.24) is 0 Å². The molecule has 7 nitrogen and oxygen atoms in total. The van der Waals surface area contributed by atoms with Crippen molar-refractivity contribution in [2.24, 2.45) is 0 Å². The quantitative estimate of drug-likeness (QED) is 0.110. The molecule has 0 aliphatic rings. The van der Waals surface area contributed by atoms with Crippen LogP contribution in [0, 0.1) is 36.3 Å². The number of nitriles is 2. The van der Waals surface area contributed by atoms with E-state index in [1.807, 2.05) is 25.1 Å². The summed E-state index contributed by atoms with van der Waals surface area (Å²) in [7, 11) is 0. The second-order valence-electron chi connectivity index (χ2n) is 6.79. The van der Waals surface area contributed by atoms with Crippen LogP contribution in [0.25, 0.3) is 11.6 Å². The number of halogens is 1. The Bertz CT molecular complexity index is 1290. The zero-order chi connectivity index (χ0) is 23.8. The first kappa shape index (κ1) is 23.8. The third-order valence-electron chi connectivity index (χ3n) is 4.66. The van der Waals surface area contributed by atoms with E-state index in [2.05, 4.69) is 34.7 Å². The molecule has 3 aromatic rings. The Balaban J connectivity index is 1.93. The minimum Gasteiger partial charge on any atom is -0.490 e. The van der Waals surface area contributed by atoms with Crippen molar-refractivity contribution in [2.45, 2.75) is 13.5 Å². The van der Waals surface area contributed by atoms with Crippen LogP contribution in [-0.2, 0) is 6.61 Å². The SMILES string of the molecule is CCOc1cc(/C=C(/C#N)c2ccc([N+](=O)[O-])cc2)cc(I)c1OCc1ccccc1C#N. The Morgan fingerprint density at radius 2 is 1.85 bits per heavy atom. The number of non-ortho nitro benzene ring substituents is 1. The second kappa shape index (κ2) is 11.1. The number of allylic oxidation sites excluding steroid dienone is 1. The van der Waals surface area contributed by atoms with Gasteiger partial charge in [-0.15, -0.1) is 0 Å². The van der Waals surface area contributed by atoms with Gasteiger partial charge in [0.15, 0.2) is 11.5 Å². The summed E-state index contributed by atoms with van der Waals surface area (Å²) < 4.78 is 12.6. The van der Waals surface area contributed by atoms with Crippen LogP contribution >= 0.6 is 22.6 Å². The highest BCUT2D eigenvalue weighted by Crippen LogP contribution is 2.36. The van der Waals surface area contributed by atoms with E-state index in [0.29, 0.717) is 34.8 Å². The molecule has 0 aliphatic carbocycles. The fraction of sp³-hybridized carbons (Fsp3) is 0.120. The number of benzene rings is 3. The number of nitro groups is 1. The number of nitrogens with zero attached hydrogens (tertiary/aromatic N) is 3. The highest BCUT2D eigenvalue weighted by molar-refractivity contribution is 14.1. The normalized spacial score (nSPS) is 10.7. The maximum atomic E-state index is 10.9. The maximum Gasteiger partial charge on any atom is 0.269 e. The summed E-state index contributed by atoms with van der Waals surface area (Å²) in [5, 5.41) is 29.8. The topological polar surface area (TPSA) is 109 Å². The standard InChI is InChI=1S/C25H18IN3O4/c1-2-32-24-13-17(11-21(15-28)18-7-9-22(10-8-18)29(30)31)12-23(26)25(24)33-16-20-6-4-3-5-19(20)14-27/h3-13H,2,16H2,1H3/b21-11-. The van der Waals surface area contributed by atoms with Crippen molar-refractivity contribution in [3.8, 4) is 23.6 Å². The van der Waals surface area contributed by atoms with Crippen LogP contribution < -0.4 is 9.47 Å². The summed E-state index contributed by atoms with van der Waals surface area (Å²) in [5.74, 6) is 1.07.